The lowest BCUT2D eigenvalue weighted by Gasteiger charge is -2.05. The topological polar surface area (TPSA) is 47.3 Å². The predicted octanol–water partition coefficient (Wildman–Crippen LogP) is 6.28. The first-order valence-corrected chi connectivity index (χ1v) is 10.5. The molecule has 4 aromatic rings. The highest BCUT2D eigenvalue weighted by atomic mass is 35.5. The number of carbonyl (C=O) groups excluding carboxylic acids is 1. The zero-order valence-corrected chi connectivity index (χ0v) is 16.9. The van der Waals surface area contributed by atoms with Crippen LogP contribution >= 0.6 is 23.2 Å². The highest BCUT2D eigenvalue weighted by Gasteiger charge is 2.23. The van der Waals surface area contributed by atoms with Gasteiger partial charge in [0.05, 0.1) is 16.6 Å². The van der Waals surface area contributed by atoms with Crippen LogP contribution in [0.3, 0.4) is 0 Å². The number of hydrogen-bond donors (Lipinski definition) is 0. The minimum absolute atomic E-state index is 0.160. The summed E-state index contributed by atoms with van der Waals surface area (Å²) in [7, 11) is -1.36. The Labute approximate surface area is 174 Å². The second-order valence-electron chi connectivity index (χ2n) is 6.19. The molecule has 0 radical (unpaired) electrons. The van der Waals surface area contributed by atoms with E-state index in [1.165, 1.54) is 0 Å². The highest BCUT2D eigenvalue weighted by molar-refractivity contribution is 7.84. The lowest BCUT2D eigenvalue weighted by Crippen LogP contribution is -2.05. The molecule has 3 nitrogen and oxygen atoms in total. The molecule has 4 rings (SSSR count). The van der Waals surface area contributed by atoms with Gasteiger partial charge in [0.15, 0.2) is 5.76 Å². The van der Waals surface area contributed by atoms with E-state index in [-0.39, 0.29) is 17.3 Å². The molecule has 0 bridgehead atoms. The number of halogens is 2. The normalized spacial score (nSPS) is 12.2. The average Bonchev–Trinajstić information content (AvgIpc) is 3.07. The second-order valence-corrected chi connectivity index (χ2v) is 8.51. The molecule has 0 fully saturated rings. The number of carbonyl (C=O) groups is 1. The molecule has 0 aliphatic rings. The van der Waals surface area contributed by atoms with E-state index in [1.807, 2.05) is 18.2 Å². The molecule has 0 N–H and O–H groups in total. The number of para-hydroxylation sites is 1. The molecule has 6 heteroatoms. The summed E-state index contributed by atoms with van der Waals surface area (Å²) in [6.45, 7) is 0. The van der Waals surface area contributed by atoms with Crippen LogP contribution in [-0.4, -0.2) is 9.99 Å². The Morgan fingerprint density at radius 1 is 0.857 bits per heavy atom. The van der Waals surface area contributed by atoms with Gasteiger partial charge < -0.3 is 4.42 Å². The number of hydrogen-bond acceptors (Lipinski definition) is 3. The highest BCUT2D eigenvalue weighted by Crippen LogP contribution is 2.30. The summed E-state index contributed by atoms with van der Waals surface area (Å²) in [4.78, 5) is 13.7. The van der Waals surface area contributed by atoms with Crippen LogP contribution in [0.2, 0.25) is 10.0 Å². The van der Waals surface area contributed by atoms with E-state index >= 15 is 0 Å². The summed E-state index contributed by atoms with van der Waals surface area (Å²) in [5.41, 5.74) is 1.67. The van der Waals surface area contributed by atoms with E-state index in [2.05, 4.69) is 0 Å². The van der Waals surface area contributed by atoms with Crippen LogP contribution in [-0.2, 0) is 16.6 Å². The van der Waals surface area contributed by atoms with Crippen LogP contribution in [0.4, 0.5) is 0 Å². The molecule has 0 amide bonds. The summed E-state index contributed by atoms with van der Waals surface area (Å²) in [5.74, 6) is 0.0923. The number of furan rings is 1. The zero-order chi connectivity index (χ0) is 19.7. The van der Waals surface area contributed by atoms with Crippen LogP contribution < -0.4 is 0 Å². The third kappa shape index (κ3) is 3.76. The number of fused-ring (bicyclic) bond motifs is 1. The molecule has 28 heavy (non-hydrogen) atoms. The van der Waals surface area contributed by atoms with Gasteiger partial charge in [-0.05, 0) is 54.6 Å². The van der Waals surface area contributed by atoms with Gasteiger partial charge in [-0.3, -0.25) is 9.00 Å². The van der Waals surface area contributed by atoms with Crippen molar-refractivity contribution in [1.82, 2.24) is 0 Å². The van der Waals surface area contributed by atoms with Crippen LogP contribution in [0.25, 0.3) is 11.0 Å². The van der Waals surface area contributed by atoms with Gasteiger partial charge in [-0.1, -0.05) is 41.4 Å². The monoisotopic (exact) mass is 428 g/mol. The molecule has 1 heterocycles. The minimum atomic E-state index is -1.36. The van der Waals surface area contributed by atoms with E-state index in [4.69, 9.17) is 27.6 Å². The molecule has 0 saturated heterocycles. The third-order valence-corrected chi connectivity index (χ3v) is 6.22. The molecule has 0 saturated carbocycles. The van der Waals surface area contributed by atoms with Crippen molar-refractivity contribution in [3.63, 3.8) is 0 Å². The predicted molar refractivity (Wildman–Crippen MR) is 113 cm³/mol. The number of rotatable bonds is 5. The molecule has 0 unspecified atom stereocenters. The second kappa shape index (κ2) is 7.92. The lowest BCUT2D eigenvalue weighted by molar-refractivity contribution is 0.101. The maximum Gasteiger partial charge on any atom is 0.228 e. The smallest absolute Gasteiger partial charge is 0.228 e. The minimum Gasteiger partial charge on any atom is -0.452 e. The van der Waals surface area contributed by atoms with Gasteiger partial charge in [0.25, 0.3) is 0 Å². The Morgan fingerprint density at radius 2 is 1.46 bits per heavy atom. The van der Waals surface area contributed by atoms with Crippen molar-refractivity contribution < 1.29 is 13.4 Å². The van der Waals surface area contributed by atoms with Crippen molar-refractivity contribution >= 4 is 50.8 Å². The molecule has 0 aliphatic heterocycles. The number of ketones is 1. The third-order valence-electron chi connectivity index (χ3n) is 4.36. The number of benzene rings is 3. The Balaban J connectivity index is 1.77. The maximum atomic E-state index is 13.1. The van der Waals surface area contributed by atoms with Gasteiger partial charge in [0.1, 0.15) is 5.58 Å². The first kappa shape index (κ1) is 18.9. The van der Waals surface area contributed by atoms with Crippen molar-refractivity contribution in [3.8, 4) is 0 Å². The Morgan fingerprint density at radius 3 is 2.14 bits per heavy atom. The van der Waals surface area contributed by atoms with E-state index in [9.17, 15) is 9.00 Å². The molecule has 0 aliphatic carbocycles. The standard InChI is InChI=1S/C22H14Cl2O3S/c23-15-7-5-14(6-8-15)21(25)22-19(18-3-1-2-4-20(18)27-22)13-28(26)17-11-9-16(24)10-12-17/h1-12H,13H2/t28-/m0/s1. The molecule has 1 atom stereocenters. The SMILES string of the molecule is O=C(c1ccc(Cl)cc1)c1oc2ccccc2c1C[S@](=O)c1ccc(Cl)cc1. The fourth-order valence-electron chi connectivity index (χ4n) is 2.96. The van der Waals surface area contributed by atoms with Gasteiger partial charge in [-0.2, -0.15) is 0 Å². The van der Waals surface area contributed by atoms with E-state index in [1.54, 1.807) is 54.6 Å². The van der Waals surface area contributed by atoms with Crippen molar-refractivity contribution in [2.24, 2.45) is 0 Å². The Kier molecular flexibility index (Phi) is 5.36. The van der Waals surface area contributed by atoms with Crippen molar-refractivity contribution in [1.29, 1.82) is 0 Å². The zero-order valence-electron chi connectivity index (χ0n) is 14.5. The van der Waals surface area contributed by atoms with Crippen LogP contribution in [0.1, 0.15) is 21.7 Å². The maximum absolute atomic E-state index is 13.1. The van der Waals surface area contributed by atoms with Crippen molar-refractivity contribution in [2.45, 2.75) is 10.6 Å². The quantitative estimate of drug-likeness (QED) is 0.351. The van der Waals surface area contributed by atoms with E-state index < -0.39 is 10.8 Å². The van der Waals surface area contributed by atoms with E-state index in [0.717, 1.165) is 5.39 Å². The summed E-state index contributed by atoms with van der Waals surface area (Å²) in [6, 6.07) is 20.8. The van der Waals surface area contributed by atoms with E-state index in [0.29, 0.717) is 31.7 Å². The van der Waals surface area contributed by atoms with Crippen molar-refractivity contribution in [3.05, 3.63) is 99.7 Å². The summed E-state index contributed by atoms with van der Waals surface area (Å²) in [5, 5.41) is 1.90. The van der Waals surface area contributed by atoms with Gasteiger partial charge >= 0.3 is 0 Å². The molecule has 140 valence electrons. The Bertz CT molecular complexity index is 1180. The summed E-state index contributed by atoms with van der Waals surface area (Å²) in [6.07, 6.45) is 0. The lowest BCUT2D eigenvalue weighted by atomic mass is 10.0. The van der Waals surface area contributed by atoms with Crippen LogP contribution in [0.5, 0.6) is 0 Å². The van der Waals surface area contributed by atoms with Gasteiger partial charge in [-0.15, -0.1) is 0 Å². The molecule has 0 spiro atoms. The fourth-order valence-corrected chi connectivity index (χ4v) is 4.37. The largest absolute Gasteiger partial charge is 0.452 e. The molecular formula is C22H14Cl2O3S. The molecular weight excluding hydrogens is 415 g/mol. The first-order valence-electron chi connectivity index (χ1n) is 8.47. The average molecular weight is 429 g/mol. The molecule has 3 aromatic carbocycles. The van der Waals surface area contributed by atoms with Crippen molar-refractivity contribution in [2.75, 3.05) is 0 Å². The van der Waals surface area contributed by atoms with Gasteiger partial charge in [0, 0.05) is 31.5 Å². The van der Waals surface area contributed by atoms with Gasteiger partial charge in [0.2, 0.25) is 5.78 Å². The summed E-state index contributed by atoms with van der Waals surface area (Å²) >= 11 is 11.8. The summed E-state index contributed by atoms with van der Waals surface area (Å²) < 4.78 is 18.8. The first-order chi connectivity index (χ1) is 13.5. The fraction of sp³-hybridized carbons (Fsp3) is 0.0455. The Hall–Kier alpha value is -2.40. The van der Waals surface area contributed by atoms with Crippen LogP contribution in [0, 0.1) is 0 Å². The van der Waals surface area contributed by atoms with Gasteiger partial charge in [-0.25, -0.2) is 0 Å². The van der Waals surface area contributed by atoms with Crippen LogP contribution in [0.15, 0.2) is 82.1 Å². The molecule has 1 aromatic heterocycles.